The van der Waals surface area contributed by atoms with Crippen molar-refractivity contribution in [3.8, 4) is 11.4 Å². The van der Waals surface area contributed by atoms with Crippen LogP contribution in [0.1, 0.15) is 57.9 Å². The first kappa shape index (κ1) is 24.1. The van der Waals surface area contributed by atoms with Crippen molar-refractivity contribution >= 4 is 22.5 Å². The van der Waals surface area contributed by atoms with Crippen LogP contribution in [-0.2, 0) is 22.4 Å². The summed E-state index contributed by atoms with van der Waals surface area (Å²) in [5, 5.41) is 9.13. The Bertz CT molecular complexity index is 1250. The molecule has 3 heterocycles. The molecule has 2 aliphatic rings. The van der Waals surface area contributed by atoms with Crippen LogP contribution in [0.5, 0.6) is 0 Å². The number of morpholine rings is 1. The summed E-state index contributed by atoms with van der Waals surface area (Å²) in [6.07, 6.45) is 3.51. The molecule has 0 bridgehead atoms. The number of nitrogens with zero attached hydrogens (tertiary/aromatic N) is 3. The number of carbonyl (C=O) groups excluding carboxylic acids is 1. The molecule has 3 aromatic rings. The maximum atomic E-state index is 13.5. The van der Waals surface area contributed by atoms with Gasteiger partial charge in [0.25, 0.3) is 0 Å². The first-order chi connectivity index (χ1) is 16.5. The average Bonchev–Trinajstić information content (AvgIpc) is 3.40. The lowest BCUT2D eigenvalue weighted by atomic mass is 9.76. The lowest BCUT2D eigenvalue weighted by Gasteiger charge is -2.39. The molecule has 0 spiro atoms. The van der Waals surface area contributed by atoms with E-state index in [-0.39, 0.29) is 24.2 Å². The number of likely N-dealkylation sites (N-methyl/N-ethyl adjacent to an activating group) is 1. The molecule has 1 amide bonds. The smallest absolute Gasteiger partial charge is 0.243 e. The fourth-order valence-corrected chi connectivity index (χ4v) is 5.98. The average molecular weight is 478 g/mol. The molecule has 35 heavy (non-hydrogen) atoms. The minimum absolute atomic E-state index is 0.101. The molecule has 1 aromatic carbocycles. The van der Waals surface area contributed by atoms with Gasteiger partial charge in [-0.3, -0.25) is 14.8 Å². The van der Waals surface area contributed by atoms with Gasteiger partial charge in [-0.05, 0) is 70.1 Å². The Labute approximate surface area is 208 Å². The third kappa shape index (κ3) is 4.40. The molecule has 7 nitrogen and oxygen atoms in total. The number of benzene rings is 1. The molecular weight excluding hydrogens is 438 g/mol. The Balaban J connectivity index is 1.42. The van der Waals surface area contributed by atoms with E-state index in [1.807, 2.05) is 18.9 Å². The Kier molecular flexibility index (Phi) is 6.04. The number of rotatable bonds is 4. The van der Waals surface area contributed by atoms with Crippen LogP contribution in [0.3, 0.4) is 0 Å². The van der Waals surface area contributed by atoms with Crippen LogP contribution in [0.4, 0.5) is 5.69 Å². The Morgan fingerprint density at radius 3 is 2.69 bits per heavy atom. The summed E-state index contributed by atoms with van der Waals surface area (Å²) in [7, 11) is 1.88. The zero-order chi connectivity index (χ0) is 25.1. The summed E-state index contributed by atoms with van der Waals surface area (Å²) in [4.78, 5) is 21.1. The predicted molar refractivity (Wildman–Crippen MR) is 141 cm³/mol. The summed E-state index contributed by atoms with van der Waals surface area (Å²) in [6, 6.07) is 6.15. The standard InChI is InChI=1S/C28H39N5O2/c1-16-14-33(15-17(2)35-16)19(4)27(34)32(7)24-9-8-20-12-22(29-25(20)18(24)3)26-21-10-11-28(5,6)13-23(21)30-31-26/h8-9,12,16-17,19,29H,10-11,13-15H2,1-7H3,(H,30,31)/t16?,17?,19-/m0/s1. The van der Waals surface area contributed by atoms with Gasteiger partial charge in [-0.15, -0.1) is 0 Å². The summed E-state index contributed by atoms with van der Waals surface area (Å²) < 4.78 is 5.86. The lowest BCUT2D eigenvalue weighted by Crippen LogP contribution is -2.54. The number of aryl methyl sites for hydroxylation is 1. The normalized spacial score (nSPS) is 23.3. The summed E-state index contributed by atoms with van der Waals surface area (Å²) in [6.45, 7) is 14.4. The van der Waals surface area contributed by atoms with Gasteiger partial charge >= 0.3 is 0 Å². The molecular formula is C28H39N5O2. The highest BCUT2D eigenvalue weighted by molar-refractivity contribution is 6.00. The number of hydrogen-bond acceptors (Lipinski definition) is 4. The fraction of sp³-hybridized carbons (Fsp3) is 0.571. The number of hydrogen-bond donors (Lipinski definition) is 2. The van der Waals surface area contributed by atoms with Gasteiger partial charge in [-0.1, -0.05) is 19.9 Å². The van der Waals surface area contributed by atoms with Crippen LogP contribution in [0.15, 0.2) is 18.2 Å². The van der Waals surface area contributed by atoms with E-state index in [1.165, 1.54) is 17.7 Å². The molecule has 0 saturated carbocycles. The van der Waals surface area contributed by atoms with E-state index >= 15 is 0 Å². The highest BCUT2D eigenvalue weighted by Gasteiger charge is 2.32. The highest BCUT2D eigenvalue weighted by atomic mass is 16.5. The second-order valence-corrected chi connectivity index (χ2v) is 11.5. The molecule has 188 valence electrons. The number of anilines is 1. The first-order valence-electron chi connectivity index (χ1n) is 12.9. The van der Waals surface area contributed by atoms with Crippen molar-refractivity contribution in [1.29, 1.82) is 0 Å². The van der Waals surface area contributed by atoms with Gasteiger partial charge < -0.3 is 14.6 Å². The maximum Gasteiger partial charge on any atom is 0.243 e. The number of carbonyl (C=O) groups is 1. The monoisotopic (exact) mass is 477 g/mol. The third-order valence-electron chi connectivity index (χ3n) is 7.99. The number of aromatic amines is 2. The number of amides is 1. The van der Waals surface area contributed by atoms with Crippen LogP contribution < -0.4 is 4.90 Å². The molecule has 3 atom stereocenters. The van der Waals surface area contributed by atoms with Crippen molar-refractivity contribution < 1.29 is 9.53 Å². The number of fused-ring (bicyclic) bond motifs is 2. The molecule has 2 unspecified atom stereocenters. The van der Waals surface area contributed by atoms with Gasteiger partial charge in [0, 0.05) is 42.5 Å². The predicted octanol–water partition coefficient (Wildman–Crippen LogP) is 4.84. The van der Waals surface area contributed by atoms with E-state index in [0.717, 1.165) is 59.5 Å². The van der Waals surface area contributed by atoms with Crippen molar-refractivity contribution in [3.05, 3.63) is 35.0 Å². The summed E-state index contributed by atoms with van der Waals surface area (Å²) >= 11 is 0. The summed E-state index contributed by atoms with van der Waals surface area (Å²) in [5.41, 5.74) is 8.05. The van der Waals surface area contributed by atoms with E-state index in [9.17, 15) is 4.79 Å². The fourth-order valence-electron chi connectivity index (χ4n) is 5.98. The van der Waals surface area contributed by atoms with Crippen LogP contribution in [0.25, 0.3) is 22.3 Å². The van der Waals surface area contributed by atoms with Gasteiger partial charge in [0.2, 0.25) is 5.91 Å². The van der Waals surface area contributed by atoms with Crippen molar-refractivity contribution in [1.82, 2.24) is 20.1 Å². The second-order valence-electron chi connectivity index (χ2n) is 11.5. The second kappa shape index (κ2) is 8.79. The van der Waals surface area contributed by atoms with Crippen molar-refractivity contribution in [2.24, 2.45) is 5.41 Å². The van der Waals surface area contributed by atoms with Gasteiger partial charge in [-0.25, -0.2) is 0 Å². The third-order valence-corrected chi connectivity index (χ3v) is 7.99. The van der Waals surface area contributed by atoms with Crippen molar-refractivity contribution in [2.45, 2.75) is 79.1 Å². The number of H-pyrrole nitrogens is 2. The highest BCUT2D eigenvalue weighted by Crippen LogP contribution is 2.39. The molecule has 0 radical (unpaired) electrons. The van der Waals surface area contributed by atoms with E-state index in [2.05, 4.69) is 67.8 Å². The van der Waals surface area contributed by atoms with Gasteiger partial charge in [0.1, 0.15) is 5.69 Å². The topological polar surface area (TPSA) is 77.2 Å². The first-order valence-corrected chi connectivity index (χ1v) is 12.9. The Hall–Kier alpha value is -2.64. The molecule has 1 fully saturated rings. The SMILES string of the molecule is Cc1c(N(C)C(=O)[C@H](C)N2CC(C)OC(C)C2)ccc2cc(-c3n[nH]c4c3CCC(C)(C)C4)[nH]c12. The van der Waals surface area contributed by atoms with Gasteiger partial charge in [0.05, 0.1) is 29.5 Å². The van der Waals surface area contributed by atoms with E-state index in [0.29, 0.717) is 5.41 Å². The van der Waals surface area contributed by atoms with Crippen LogP contribution in [0.2, 0.25) is 0 Å². The largest absolute Gasteiger partial charge is 0.373 e. The van der Waals surface area contributed by atoms with Crippen LogP contribution >= 0.6 is 0 Å². The molecule has 1 saturated heterocycles. The zero-order valence-corrected chi connectivity index (χ0v) is 22.2. The van der Waals surface area contributed by atoms with Crippen LogP contribution in [-0.4, -0.2) is 64.4 Å². The quantitative estimate of drug-likeness (QED) is 0.564. The Morgan fingerprint density at radius 2 is 1.97 bits per heavy atom. The molecule has 2 aromatic heterocycles. The number of aromatic nitrogens is 3. The van der Waals surface area contributed by atoms with E-state index < -0.39 is 0 Å². The number of nitrogens with one attached hydrogen (secondary N) is 2. The molecule has 7 heteroatoms. The van der Waals surface area contributed by atoms with Crippen LogP contribution in [0, 0.1) is 12.3 Å². The molecule has 1 aliphatic carbocycles. The zero-order valence-electron chi connectivity index (χ0n) is 22.2. The minimum atomic E-state index is -0.206. The van der Waals surface area contributed by atoms with Crippen molar-refractivity contribution in [3.63, 3.8) is 0 Å². The minimum Gasteiger partial charge on any atom is -0.373 e. The van der Waals surface area contributed by atoms with E-state index in [4.69, 9.17) is 9.84 Å². The molecule has 1 aliphatic heterocycles. The number of ether oxygens (including phenoxy) is 1. The summed E-state index contributed by atoms with van der Waals surface area (Å²) in [5.74, 6) is 0.101. The molecule has 5 rings (SSSR count). The maximum absolute atomic E-state index is 13.5. The van der Waals surface area contributed by atoms with Gasteiger partial charge in [-0.2, -0.15) is 5.10 Å². The van der Waals surface area contributed by atoms with Gasteiger partial charge in [0.15, 0.2) is 0 Å². The molecule has 2 N–H and O–H groups in total. The van der Waals surface area contributed by atoms with Crippen molar-refractivity contribution in [2.75, 3.05) is 25.0 Å². The van der Waals surface area contributed by atoms with E-state index in [1.54, 1.807) is 0 Å². The lowest BCUT2D eigenvalue weighted by molar-refractivity contribution is -0.129. The Morgan fingerprint density at radius 1 is 1.26 bits per heavy atom.